The van der Waals surface area contributed by atoms with Gasteiger partial charge in [-0.25, -0.2) is 4.68 Å². The molecule has 0 radical (unpaired) electrons. The molecule has 0 aliphatic heterocycles. The van der Waals surface area contributed by atoms with Crippen molar-refractivity contribution in [3.05, 3.63) is 43.4 Å². The predicted molar refractivity (Wildman–Crippen MR) is 68.8 cm³/mol. The Kier molecular flexibility index (Phi) is 3.40. The van der Waals surface area contributed by atoms with Crippen LogP contribution in [-0.2, 0) is 13.6 Å². The van der Waals surface area contributed by atoms with Crippen molar-refractivity contribution in [2.75, 3.05) is 5.32 Å². The van der Waals surface area contributed by atoms with Crippen LogP contribution in [0.2, 0.25) is 0 Å². The summed E-state index contributed by atoms with van der Waals surface area (Å²) in [4.78, 5) is 12.8. The Balaban J connectivity index is 2.16. The van der Waals surface area contributed by atoms with Gasteiger partial charge in [0.05, 0.1) is 11.9 Å². The summed E-state index contributed by atoms with van der Waals surface area (Å²) in [7, 11) is 1.62. The Bertz CT molecular complexity index is 535. The topological polar surface area (TPSA) is 46.9 Å². The molecule has 84 valence electrons. The Morgan fingerprint density at radius 2 is 2.44 bits per heavy atom. The van der Waals surface area contributed by atoms with Gasteiger partial charge in [-0.1, -0.05) is 6.07 Å². The number of halogens is 1. The fraction of sp³-hybridized carbons (Fsp3) is 0.200. The van der Waals surface area contributed by atoms with Crippen molar-refractivity contribution in [1.82, 2.24) is 9.78 Å². The van der Waals surface area contributed by atoms with E-state index in [0.717, 1.165) is 5.69 Å². The molecule has 0 saturated carbocycles. The minimum absolute atomic E-state index is 0.142. The molecule has 2 rings (SSSR count). The van der Waals surface area contributed by atoms with E-state index in [0.29, 0.717) is 11.0 Å². The minimum atomic E-state index is -0.142. The summed E-state index contributed by atoms with van der Waals surface area (Å²) in [5, 5.41) is 9.15. The molecule has 2 aromatic heterocycles. The molecule has 0 aliphatic carbocycles. The summed E-state index contributed by atoms with van der Waals surface area (Å²) in [6.45, 7) is 0.700. The SMILES string of the molecule is Cn1ncc(NCc2cccs2)c(Br)c1=O. The van der Waals surface area contributed by atoms with Crippen molar-refractivity contribution in [2.45, 2.75) is 6.54 Å². The molecule has 0 spiro atoms. The Labute approximate surface area is 105 Å². The molecule has 16 heavy (non-hydrogen) atoms. The highest BCUT2D eigenvalue weighted by Crippen LogP contribution is 2.18. The van der Waals surface area contributed by atoms with E-state index in [2.05, 4.69) is 26.3 Å². The lowest BCUT2D eigenvalue weighted by atomic mass is 10.4. The maximum atomic E-state index is 11.6. The smallest absolute Gasteiger partial charge is 0.282 e. The van der Waals surface area contributed by atoms with Crippen molar-refractivity contribution >= 4 is 33.0 Å². The summed E-state index contributed by atoms with van der Waals surface area (Å²) >= 11 is 4.94. The van der Waals surface area contributed by atoms with Crippen molar-refractivity contribution in [3.63, 3.8) is 0 Å². The highest BCUT2D eigenvalue weighted by Gasteiger charge is 2.06. The fourth-order valence-corrected chi connectivity index (χ4v) is 2.37. The van der Waals surface area contributed by atoms with Crippen molar-refractivity contribution in [1.29, 1.82) is 0 Å². The number of thiophene rings is 1. The number of nitrogens with one attached hydrogen (secondary N) is 1. The van der Waals surface area contributed by atoms with Crippen LogP contribution in [0.4, 0.5) is 5.69 Å². The Morgan fingerprint density at radius 3 is 3.12 bits per heavy atom. The molecule has 0 atom stereocenters. The van der Waals surface area contributed by atoms with Gasteiger partial charge in [-0.3, -0.25) is 4.79 Å². The van der Waals surface area contributed by atoms with Gasteiger partial charge < -0.3 is 5.32 Å². The van der Waals surface area contributed by atoms with Crippen LogP contribution in [0.3, 0.4) is 0 Å². The van der Waals surface area contributed by atoms with Crippen LogP contribution in [0, 0.1) is 0 Å². The van der Waals surface area contributed by atoms with Crippen LogP contribution in [0.1, 0.15) is 4.88 Å². The van der Waals surface area contributed by atoms with Crippen LogP contribution < -0.4 is 10.9 Å². The molecule has 0 amide bonds. The first-order valence-electron chi connectivity index (χ1n) is 4.66. The first-order valence-corrected chi connectivity index (χ1v) is 6.34. The lowest BCUT2D eigenvalue weighted by Gasteiger charge is -2.07. The van der Waals surface area contributed by atoms with Gasteiger partial charge in [0.15, 0.2) is 0 Å². The third-order valence-electron chi connectivity index (χ3n) is 2.11. The van der Waals surface area contributed by atoms with Crippen LogP contribution in [-0.4, -0.2) is 9.78 Å². The molecule has 0 bridgehead atoms. The quantitative estimate of drug-likeness (QED) is 0.945. The molecule has 0 unspecified atom stereocenters. The molecule has 4 nitrogen and oxygen atoms in total. The molecule has 0 fully saturated rings. The van der Waals surface area contributed by atoms with E-state index in [9.17, 15) is 4.79 Å². The van der Waals surface area contributed by atoms with Gasteiger partial charge in [0.1, 0.15) is 4.47 Å². The standard InChI is InChI=1S/C10H10BrN3OS/c1-14-10(15)9(11)8(6-13-14)12-5-7-3-2-4-16-7/h2-4,6,12H,5H2,1H3. The van der Waals surface area contributed by atoms with E-state index in [4.69, 9.17) is 0 Å². The number of aromatic nitrogens is 2. The second kappa shape index (κ2) is 4.80. The van der Waals surface area contributed by atoms with E-state index >= 15 is 0 Å². The lowest BCUT2D eigenvalue weighted by molar-refractivity contribution is 0.703. The number of nitrogens with zero attached hydrogens (tertiary/aromatic N) is 2. The predicted octanol–water partition coefficient (Wildman–Crippen LogP) is 2.22. The van der Waals surface area contributed by atoms with Gasteiger partial charge >= 0.3 is 0 Å². The fourth-order valence-electron chi connectivity index (χ4n) is 1.23. The van der Waals surface area contributed by atoms with E-state index in [1.807, 2.05) is 17.5 Å². The lowest BCUT2D eigenvalue weighted by Crippen LogP contribution is -2.21. The summed E-state index contributed by atoms with van der Waals surface area (Å²) < 4.78 is 1.81. The molecule has 6 heteroatoms. The van der Waals surface area contributed by atoms with Crippen molar-refractivity contribution < 1.29 is 0 Å². The zero-order valence-corrected chi connectivity index (χ0v) is 11.0. The molecular weight excluding hydrogens is 290 g/mol. The zero-order valence-electron chi connectivity index (χ0n) is 8.61. The molecular formula is C10H10BrN3OS. The van der Waals surface area contributed by atoms with E-state index in [1.54, 1.807) is 24.6 Å². The summed E-state index contributed by atoms with van der Waals surface area (Å²) in [6, 6.07) is 4.04. The maximum Gasteiger partial charge on any atom is 0.282 e. The highest BCUT2D eigenvalue weighted by molar-refractivity contribution is 9.10. The molecule has 0 aliphatic rings. The Morgan fingerprint density at radius 1 is 1.62 bits per heavy atom. The largest absolute Gasteiger partial charge is 0.378 e. The normalized spacial score (nSPS) is 10.4. The molecule has 2 aromatic rings. The van der Waals surface area contributed by atoms with Crippen molar-refractivity contribution in [2.24, 2.45) is 7.05 Å². The number of hydrogen-bond acceptors (Lipinski definition) is 4. The van der Waals surface area contributed by atoms with E-state index < -0.39 is 0 Å². The van der Waals surface area contributed by atoms with Gasteiger partial charge in [0, 0.05) is 18.5 Å². The highest BCUT2D eigenvalue weighted by atomic mass is 79.9. The molecule has 1 N–H and O–H groups in total. The third-order valence-corrected chi connectivity index (χ3v) is 3.75. The first-order chi connectivity index (χ1) is 7.68. The van der Waals surface area contributed by atoms with E-state index in [1.165, 1.54) is 9.56 Å². The number of rotatable bonds is 3. The van der Waals surface area contributed by atoms with Crippen LogP contribution in [0.25, 0.3) is 0 Å². The average molecular weight is 300 g/mol. The monoisotopic (exact) mass is 299 g/mol. The van der Waals surface area contributed by atoms with Crippen LogP contribution >= 0.6 is 27.3 Å². The second-order valence-corrected chi connectivity index (χ2v) is 5.06. The summed E-state index contributed by atoms with van der Waals surface area (Å²) in [5.41, 5.74) is 0.577. The van der Waals surface area contributed by atoms with Gasteiger partial charge in [-0.15, -0.1) is 11.3 Å². The Hall–Kier alpha value is -1.14. The third kappa shape index (κ3) is 2.33. The number of anilines is 1. The van der Waals surface area contributed by atoms with Crippen LogP contribution in [0.15, 0.2) is 33.0 Å². The molecule has 0 saturated heterocycles. The summed E-state index contributed by atoms with van der Waals surface area (Å²) in [5.74, 6) is 0. The van der Waals surface area contributed by atoms with Gasteiger partial charge in [0.2, 0.25) is 0 Å². The van der Waals surface area contributed by atoms with Gasteiger partial charge in [0.25, 0.3) is 5.56 Å². The average Bonchev–Trinajstić information content (AvgIpc) is 2.78. The van der Waals surface area contributed by atoms with Gasteiger partial charge in [-0.2, -0.15) is 5.10 Å². The molecule has 2 heterocycles. The summed E-state index contributed by atoms with van der Waals surface area (Å²) in [6.07, 6.45) is 1.64. The van der Waals surface area contributed by atoms with E-state index in [-0.39, 0.29) is 5.56 Å². The maximum absolute atomic E-state index is 11.6. The second-order valence-electron chi connectivity index (χ2n) is 3.23. The van der Waals surface area contributed by atoms with Crippen molar-refractivity contribution in [3.8, 4) is 0 Å². The number of hydrogen-bond donors (Lipinski definition) is 1. The number of aryl methyl sites for hydroxylation is 1. The van der Waals surface area contributed by atoms with Gasteiger partial charge in [-0.05, 0) is 27.4 Å². The first kappa shape index (κ1) is 11.3. The molecule has 0 aromatic carbocycles. The minimum Gasteiger partial charge on any atom is -0.378 e. The van der Waals surface area contributed by atoms with Crippen LogP contribution in [0.5, 0.6) is 0 Å². The zero-order chi connectivity index (χ0) is 11.5.